The van der Waals surface area contributed by atoms with Crippen LogP contribution in [0.2, 0.25) is 0 Å². The Morgan fingerprint density at radius 1 is 1.08 bits per heavy atom. The normalized spacial score (nSPS) is 10.3. The summed E-state index contributed by atoms with van der Waals surface area (Å²) in [5.74, 6) is -0.0311. The predicted molar refractivity (Wildman–Crippen MR) is 93.2 cm³/mol. The van der Waals surface area contributed by atoms with E-state index in [2.05, 4.69) is 15.6 Å². The first-order valence-electron chi connectivity index (χ1n) is 7.76. The number of carbonyl (C=O) groups excluding carboxylic acids is 2. The maximum atomic E-state index is 12.4. The third-order valence-corrected chi connectivity index (χ3v) is 3.53. The lowest BCUT2D eigenvalue weighted by Crippen LogP contribution is -2.24. The molecule has 6 nitrogen and oxygen atoms in total. The zero-order chi connectivity index (χ0) is 17.6. The van der Waals surface area contributed by atoms with Crippen molar-refractivity contribution >= 4 is 17.5 Å². The molecule has 2 aromatic heterocycles. The summed E-state index contributed by atoms with van der Waals surface area (Å²) in [7, 11) is 0. The van der Waals surface area contributed by atoms with Crippen LogP contribution in [0.4, 0.5) is 5.69 Å². The monoisotopic (exact) mass is 335 g/mol. The Morgan fingerprint density at radius 3 is 2.72 bits per heavy atom. The highest BCUT2D eigenvalue weighted by Crippen LogP contribution is 2.12. The molecule has 2 heterocycles. The molecule has 0 saturated heterocycles. The lowest BCUT2D eigenvalue weighted by molar-refractivity contribution is 0.0943. The van der Waals surface area contributed by atoms with E-state index in [0.717, 1.165) is 5.56 Å². The van der Waals surface area contributed by atoms with Crippen molar-refractivity contribution < 1.29 is 14.0 Å². The van der Waals surface area contributed by atoms with Crippen LogP contribution in [0.15, 0.2) is 65.4 Å². The lowest BCUT2D eigenvalue weighted by atomic mass is 10.2. The summed E-state index contributed by atoms with van der Waals surface area (Å²) in [4.78, 5) is 28.6. The van der Waals surface area contributed by atoms with E-state index < -0.39 is 0 Å². The van der Waals surface area contributed by atoms with Gasteiger partial charge in [-0.2, -0.15) is 0 Å². The van der Waals surface area contributed by atoms with Gasteiger partial charge in [0.1, 0.15) is 11.5 Å². The molecular formula is C19H17N3O3. The van der Waals surface area contributed by atoms with Crippen LogP contribution in [0, 0.1) is 6.92 Å². The molecule has 0 spiro atoms. The summed E-state index contributed by atoms with van der Waals surface area (Å²) in [5, 5.41) is 5.50. The van der Waals surface area contributed by atoms with Crippen LogP contribution in [-0.2, 0) is 6.54 Å². The number of aromatic nitrogens is 1. The topological polar surface area (TPSA) is 84.2 Å². The molecule has 3 rings (SSSR count). The Balaban J connectivity index is 1.67. The van der Waals surface area contributed by atoms with Gasteiger partial charge in [-0.25, -0.2) is 0 Å². The molecule has 0 aliphatic carbocycles. The molecule has 0 radical (unpaired) electrons. The number of hydrogen-bond acceptors (Lipinski definition) is 4. The molecule has 0 saturated carbocycles. The molecule has 0 aliphatic heterocycles. The minimum absolute atomic E-state index is 0.170. The summed E-state index contributed by atoms with van der Waals surface area (Å²) in [6.45, 7) is 2.21. The van der Waals surface area contributed by atoms with Gasteiger partial charge in [0.25, 0.3) is 11.8 Å². The van der Waals surface area contributed by atoms with Gasteiger partial charge in [0.15, 0.2) is 0 Å². The van der Waals surface area contributed by atoms with Crippen LogP contribution in [0.5, 0.6) is 0 Å². The minimum atomic E-state index is -0.374. The van der Waals surface area contributed by atoms with Gasteiger partial charge in [0.05, 0.1) is 12.8 Å². The Morgan fingerprint density at radius 2 is 1.96 bits per heavy atom. The smallest absolute Gasteiger partial charge is 0.270 e. The largest absolute Gasteiger partial charge is 0.467 e. The number of amides is 2. The molecule has 0 unspecified atom stereocenters. The van der Waals surface area contributed by atoms with E-state index in [1.807, 2.05) is 31.2 Å². The second kappa shape index (κ2) is 7.44. The number of hydrogen-bond donors (Lipinski definition) is 2. The first-order chi connectivity index (χ1) is 12.1. The van der Waals surface area contributed by atoms with E-state index in [0.29, 0.717) is 17.0 Å². The van der Waals surface area contributed by atoms with Crippen molar-refractivity contribution in [3.8, 4) is 0 Å². The third-order valence-electron chi connectivity index (χ3n) is 3.53. The van der Waals surface area contributed by atoms with E-state index in [1.54, 1.807) is 18.2 Å². The second-order valence-corrected chi connectivity index (χ2v) is 5.52. The van der Waals surface area contributed by atoms with E-state index in [1.165, 1.54) is 18.5 Å². The summed E-state index contributed by atoms with van der Waals surface area (Å²) in [6.07, 6.45) is 2.98. The van der Waals surface area contributed by atoms with Crippen LogP contribution >= 0.6 is 0 Å². The maximum Gasteiger partial charge on any atom is 0.270 e. The van der Waals surface area contributed by atoms with Crippen molar-refractivity contribution in [1.29, 1.82) is 0 Å². The zero-order valence-corrected chi connectivity index (χ0v) is 13.7. The fourth-order valence-corrected chi connectivity index (χ4v) is 2.29. The van der Waals surface area contributed by atoms with Gasteiger partial charge in [0, 0.05) is 17.4 Å². The molecule has 0 bridgehead atoms. The van der Waals surface area contributed by atoms with Gasteiger partial charge >= 0.3 is 0 Å². The SMILES string of the molecule is Cc1cccc(NC(=O)c2ccnc(C(=O)NCc3ccco3)c2)c1. The molecule has 0 fully saturated rings. The average molecular weight is 335 g/mol. The van der Waals surface area contributed by atoms with Crippen LogP contribution in [0.1, 0.15) is 32.2 Å². The summed E-state index contributed by atoms with van der Waals surface area (Å²) in [6, 6.07) is 14.0. The molecule has 3 aromatic rings. The van der Waals surface area contributed by atoms with E-state index in [-0.39, 0.29) is 24.1 Å². The number of benzene rings is 1. The van der Waals surface area contributed by atoms with Crippen LogP contribution in [0.3, 0.4) is 0 Å². The van der Waals surface area contributed by atoms with Gasteiger partial charge in [-0.05, 0) is 48.9 Å². The first-order valence-corrected chi connectivity index (χ1v) is 7.76. The average Bonchev–Trinajstić information content (AvgIpc) is 3.13. The number of nitrogens with zero attached hydrogens (tertiary/aromatic N) is 1. The quantitative estimate of drug-likeness (QED) is 0.750. The molecule has 0 atom stereocenters. The summed E-state index contributed by atoms with van der Waals surface area (Å²) < 4.78 is 5.16. The van der Waals surface area contributed by atoms with Gasteiger partial charge in [-0.1, -0.05) is 12.1 Å². The molecule has 2 amide bonds. The van der Waals surface area contributed by atoms with Gasteiger partial charge in [-0.15, -0.1) is 0 Å². The van der Waals surface area contributed by atoms with Crippen molar-refractivity contribution in [1.82, 2.24) is 10.3 Å². The van der Waals surface area contributed by atoms with E-state index in [4.69, 9.17) is 4.42 Å². The Labute approximate surface area is 144 Å². The van der Waals surface area contributed by atoms with E-state index >= 15 is 0 Å². The Kier molecular flexibility index (Phi) is 4.89. The van der Waals surface area contributed by atoms with Crippen molar-refractivity contribution in [3.05, 3.63) is 83.6 Å². The van der Waals surface area contributed by atoms with Crippen molar-refractivity contribution in [3.63, 3.8) is 0 Å². The van der Waals surface area contributed by atoms with Crippen molar-refractivity contribution in [2.45, 2.75) is 13.5 Å². The highest BCUT2D eigenvalue weighted by molar-refractivity contribution is 6.05. The number of aryl methyl sites for hydroxylation is 1. The fourth-order valence-electron chi connectivity index (χ4n) is 2.29. The Hall–Kier alpha value is -3.41. The highest BCUT2D eigenvalue weighted by Gasteiger charge is 2.12. The fraction of sp³-hybridized carbons (Fsp3) is 0.105. The van der Waals surface area contributed by atoms with Crippen LogP contribution in [0.25, 0.3) is 0 Å². The summed E-state index contributed by atoms with van der Waals surface area (Å²) >= 11 is 0. The standard InChI is InChI=1S/C19H17N3O3/c1-13-4-2-5-15(10-13)22-18(23)14-7-8-20-17(11-14)19(24)21-12-16-6-3-9-25-16/h2-11H,12H2,1H3,(H,21,24)(H,22,23). The summed E-state index contributed by atoms with van der Waals surface area (Å²) in [5.41, 5.74) is 2.28. The first kappa shape index (κ1) is 16.4. The third kappa shape index (κ3) is 4.32. The van der Waals surface area contributed by atoms with E-state index in [9.17, 15) is 9.59 Å². The molecule has 25 heavy (non-hydrogen) atoms. The predicted octanol–water partition coefficient (Wildman–Crippen LogP) is 3.17. The van der Waals surface area contributed by atoms with Gasteiger partial charge in [0.2, 0.25) is 0 Å². The maximum absolute atomic E-state index is 12.4. The van der Waals surface area contributed by atoms with Crippen LogP contribution in [-0.4, -0.2) is 16.8 Å². The molecule has 2 N–H and O–H groups in total. The second-order valence-electron chi connectivity index (χ2n) is 5.52. The van der Waals surface area contributed by atoms with Crippen molar-refractivity contribution in [2.24, 2.45) is 0 Å². The van der Waals surface area contributed by atoms with Gasteiger partial charge in [-0.3, -0.25) is 14.6 Å². The number of furan rings is 1. The lowest BCUT2D eigenvalue weighted by Gasteiger charge is -2.07. The Bertz CT molecular complexity index is 888. The molecule has 126 valence electrons. The zero-order valence-electron chi connectivity index (χ0n) is 13.7. The van der Waals surface area contributed by atoms with Gasteiger partial charge < -0.3 is 15.1 Å². The number of nitrogens with one attached hydrogen (secondary N) is 2. The number of anilines is 1. The van der Waals surface area contributed by atoms with Crippen molar-refractivity contribution in [2.75, 3.05) is 5.32 Å². The molecule has 1 aromatic carbocycles. The molecular weight excluding hydrogens is 318 g/mol. The number of rotatable bonds is 5. The molecule has 0 aliphatic rings. The highest BCUT2D eigenvalue weighted by atomic mass is 16.3. The number of pyridine rings is 1. The van der Waals surface area contributed by atoms with Crippen LogP contribution < -0.4 is 10.6 Å². The minimum Gasteiger partial charge on any atom is -0.467 e. The number of carbonyl (C=O) groups is 2. The molecule has 6 heteroatoms.